The number of rotatable bonds is 8. The van der Waals surface area contributed by atoms with E-state index in [0.717, 1.165) is 43.5 Å². The van der Waals surface area contributed by atoms with Crippen LogP contribution in [0.4, 0.5) is 22.1 Å². The van der Waals surface area contributed by atoms with Crippen LogP contribution in [0.5, 0.6) is 0 Å². The molecule has 38 heavy (non-hydrogen) atoms. The lowest BCUT2D eigenvalue weighted by Gasteiger charge is -2.35. The summed E-state index contributed by atoms with van der Waals surface area (Å²) in [7, 11) is 1.68. The van der Waals surface area contributed by atoms with Crippen molar-refractivity contribution in [2.75, 3.05) is 55.0 Å². The normalized spacial score (nSPS) is 20.0. The quantitative estimate of drug-likeness (QED) is 0.388. The molecule has 0 radical (unpaired) electrons. The molecule has 2 atom stereocenters. The molecule has 2 aromatic rings. The number of nitrogens with one attached hydrogen (secondary N) is 1. The van der Waals surface area contributed by atoms with Crippen LogP contribution in [0.25, 0.3) is 0 Å². The third kappa shape index (κ3) is 5.20. The lowest BCUT2D eigenvalue weighted by atomic mass is 10.0. The van der Waals surface area contributed by atoms with Crippen molar-refractivity contribution in [3.63, 3.8) is 0 Å². The molecule has 5 rings (SSSR count). The zero-order valence-corrected chi connectivity index (χ0v) is 21.3. The number of aliphatic hydroxyl groups excluding tert-OH is 1. The first-order valence-corrected chi connectivity index (χ1v) is 12.8. The van der Waals surface area contributed by atoms with Crippen molar-refractivity contribution in [2.24, 2.45) is 0 Å². The topological polar surface area (TPSA) is 144 Å². The second-order valence-electron chi connectivity index (χ2n) is 9.63. The highest BCUT2D eigenvalue weighted by Crippen LogP contribution is 2.31. The van der Waals surface area contributed by atoms with Gasteiger partial charge in [0.1, 0.15) is 23.4 Å². The van der Waals surface area contributed by atoms with Gasteiger partial charge in [-0.2, -0.15) is 5.26 Å². The van der Waals surface area contributed by atoms with Crippen LogP contribution in [0.2, 0.25) is 0 Å². The predicted octanol–water partition coefficient (Wildman–Crippen LogP) is 1.87. The Morgan fingerprint density at radius 1 is 1.34 bits per heavy atom. The van der Waals surface area contributed by atoms with E-state index in [1.54, 1.807) is 23.0 Å². The van der Waals surface area contributed by atoms with Gasteiger partial charge in [-0.05, 0) is 37.3 Å². The number of amides is 1. The molecule has 2 fully saturated rings. The maximum atomic E-state index is 12.1. The number of anilines is 3. The summed E-state index contributed by atoms with van der Waals surface area (Å²) in [5.74, 6) is 0.926. The van der Waals surface area contributed by atoms with Gasteiger partial charge >= 0.3 is 6.09 Å². The summed E-state index contributed by atoms with van der Waals surface area (Å²) >= 11 is 0. The van der Waals surface area contributed by atoms with Gasteiger partial charge in [0.25, 0.3) is 0 Å². The summed E-state index contributed by atoms with van der Waals surface area (Å²) in [6.07, 6.45) is 3.83. The van der Waals surface area contributed by atoms with Gasteiger partial charge in [0.2, 0.25) is 6.35 Å². The molecule has 12 nitrogen and oxygen atoms in total. The van der Waals surface area contributed by atoms with Crippen LogP contribution >= 0.6 is 0 Å². The van der Waals surface area contributed by atoms with E-state index in [9.17, 15) is 20.0 Å². The Morgan fingerprint density at radius 2 is 2.21 bits per heavy atom. The number of pyridine rings is 2. The van der Waals surface area contributed by atoms with Crippen molar-refractivity contribution in [1.82, 2.24) is 14.9 Å². The molecule has 3 aliphatic heterocycles. The molecule has 0 saturated carbocycles. The van der Waals surface area contributed by atoms with E-state index in [0.29, 0.717) is 55.3 Å². The highest BCUT2D eigenvalue weighted by atomic mass is 16.6. The van der Waals surface area contributed by atoms with Crippen molar-refractivity contribution in [3.8, 4) is 6.07 Å². The number of aldehydes is 1. The molecule has 5 heterocycles. The van der Waals surface area contributed by atoms with Gasteiger partial charge < -0.3 is 34.6 Å². The molecule has 1 amide bonds. The van der Waals surface area contributed by atoms with Gasteiger partial charge in [-0.25, -0.2) is 14.8 Å². The summed E-state index contributed by atoms with van der Waals surface area (Å²) in [5.41, 5.74) is 2.95. The fourth-order valence-corrected chi connectivity index (χ4v) is 5.22. The number of aromatic nitrogens is 2. The Morgan fingerprint density at radius 3 is 2.95 bits per heavy atom. The van der Waals surface area contributed by atoms with Gasteiger partial charge in [-0.3, -0.25) is 4.79 Å². The number of nitrogens with zero attached hydrogens (tertiary/aromatic N) is 6. The minimum absolute atomic E-state index is 0.102. The molecule has 0 bridgehead atoms. The second kappa shape index (κ2) is 11.2. The van der Waals surface area contributed by atoms with Gasteiger partial charge in [0, 0.05) is 51.1 Å². The van der Waals surface area contributed by atoms with E-state index < -0.39 is 12.4 Å². The van der Waals surface area contributed by atoms with Crippen LogP contribution in [0.3, 0.4) is 0 Å². The number of carbonyl (C=O) groups is 2. The maximum Gasteiger partial charge on any atom is 0.410 e. The molecule has 0 spiro atoms. The summed E-state index contributed by atoms with van der Waals surface area (Å²) in [5, 5.41) is 23.8. The van der Waals surface area contributed by atoms with Crippen LogP contribution in [-0.2, 0) is 22.4 Å². The van der Waals surface area contributed by atoms with Crippen LogP contribution < -0.4 is 15.1 Å². The number of nitriles is 1. The lowest BCUT2D eigenvalue weighted by molar-refractivity contribution is 0.0698. The molecule has 200 valence electrons. The number of ether oxygens (including phenoxy) is 2. The predicted molar refractivity (Wildman–Crippen MR) is 138 cm³/mol. The largest absolute Gasteiger partial charge is 0.449 e. The number of hydrogen-bond donors (Lipinski definition) is 2. The Bertz CT molecular complexity index is 1250. The zero-order valence-electron chi connectivity index (χ0n) is 21.3. The third-order valence-corrected chi connectivity index (χ3v) is 7.23. The monoisotopic (exact) mass is 521 g/mol. The maximum absolute atomic E-state index is 12.1. The summed E-state index contributed by atoms with van der Waals surface area (Å²) in [4.78, 5) is 38.3. The highest BCUT2D eigenvalue weighted by Gasteiger charge is 2.29. The van der Waals surface area contributed by atoms with Crippen molar-refractivity contribution in [3.05, 3.63) is 40.7 Å². The van der Waals surface area contributed by atoms with Crippen LogP contribution in [-0.4, -0.2) is 84.7 Å². The van der Waals surface area contributed by atoms with Gasteiger partial charge in [0.15, 0.2) is 6.29 Å². The SMILES string of the molecule is CO[C@H]1CCN(c2cc(NC(O)N3CCCc4cc(CN5CCCOC5=O)c(C=O)nc43)ncc2C#N)C1. The van der Waals surface area contributed by atoms with E-state index in [2.05, 4.69) is 26.3 Å². The molecule has 0 aromatic carbocycles. The fraction of sp³-hybridized carbons (Fsp3) is 0.500. The lowest BCUT2D eigenvalue weighted by Crippen LogP contribution is -2.45. The molecule has 1 unspecified atom stereocenters. The second-order valence-corrected chi connectivity index (χ2v) is 9.63. The molecule has 3 aliphatic rings. The van der Waals surface area contributed by atoms with E-state index in [-0.39, 0.29) is 18.3 Å². The number of methoxy groups -OCH3 is 1. The first-order chi connectivity index (χ1) is 18.5. The van der Waals surface area contributed by atoms with E-state index in [4.69, 9.17) is 9.47 Å². The van der Waals surface area contributed by atoms with Gasteiger partial charge in [-0.1, -0.05) is 0 Å². The molecule has 2 saturated heterocycles. The molecular formula is C26H31N7O5. The molecule has 2 aromatic heterocycles. The number of carbonyl (C=O) groups excluding carboxylic acids is 2. The summed E-state index contributed by atoms with van der Waals surface area (Å²) in [6, 6.07) is 5.84. The molecule has 12 heteroatoms. The minimum Gasteiger partial charge on any atom is -0.449 e. The first-order valence-electron chi connectivity index (χ1n) is 12.8. The van der Waals surface area contributed by atoms with E-state index in [1.165, 1.54) is 6.20 Å². The molecular weight excluding hydrogens is 490 g/mol. The Hall–Kier alpha value is -3.95. The Kier molecular flexibility index (Phi) is 7.57. The van der Waals surface area contributed by atoms with E-state index in [1.807, 2.05) is 6.07 Å². The smallest absolute Gasteiger partial charge is 0.410 e. The minimum atomic E-state index is -1.16. The van der Waals surface area contributed by atoms with Gasteiger partial charge in [0.05, 0.1) is 30.5 Å². The number of aliphatic hydroxyl groups is 1. The fourth-order valence-electron chi connectivity index (χ4n) is 5.22. The van der Waals surface area contributed by atoms with Gasteiger partial charge in [-0.15, -0.1) is 0 Å². The Balaban J connectivity index is 1.36. The average Bonchev–Trinajstić information content (AvgIpc) is 3.43. The first kappa shape index (κ1) is 25.7. The van der Waals surface area contributed by atoms with Crippen LogP contribution in [0.15, 0.2) is 18.3 Å². The number of cyclic esters (lactones) is 1. The van der Waals surface area contributed by atoms with Crippen molar-refractivity contribution < 1.29 is 24.2 Å². The van der Waals surface area contributed by atoms with E-state index >= 15 is 0 Å². The third-order valence-electron chi connectivity index (χ3n) is 7.23. The van der Waals surface area contributed by atoms with Crippen molar-refractivity contribution in [1.29, 1.82) is 5.26 Å². The Labute approximate surface area is 220 Å². The number of aryl methyl sites for hydroxylation is 1. The molecule has 2 N–H and O–H groups in total. The van der Waals surface area contributed by atoms with Crippen LogP contribution in [0, 0.1) is 11.3 Å². The number of fused-ring (bicyclic) bond motifs is 1. The van der Waals surface area contributed by atoms with Crippen LogP contribution in [0.1, 0.15) is 46.4 Å². The average molecular weight is 522 g/mol. The van der Waals surface area contributed by atoms with Crippen molar-refractivity contribution >= 4 is 29.7 Å². The standard InChI is InChI=1S/C26H31N7O5/c1-37-20-5-8-31(15-20)22-11-23(28-13-19(22)12-27)30-25(35)33-7-2-4-17-10-18(21(16-34)29-24(17)33)14-32-6-3-9-38-26(32)36/h10-11,13,16,20,25,35H,2-9,14-15H2,1H3,(H,28,30)/t20-,25?/m0/s1. The van der Waals surface area contributed by atoms with Crippen molar-refractivity contribution in [2.45, 2.75) is 44.7 Å². The zero-order chi connectivity index (χ0) is 26.6. The molecule has 0 aliphatic carbocycles. The summed E-state index contributed by atoms with van der Waals surface area (Å²) in [6.45, 7) is 3.16. The number of hydrogen-bond acceptors (Lipinski definition) is 11. The summed E-state index contributed by atoms with van der Waals surface area (Å²) < 4.78 is 10.6. The highest BCUT2D eigenvalue weighted by molar-refractivity contribution is 5.77.